The third-order valence-corrected chi connectivity index (χ3v) is 7.78. The molecule has 1 amide bonds. The number of hydrogen-bond acceptors (Lipinski definition) is 6. The molecule has 0 N–H and O–H groups in total. The number of sulfonamides is 1. The van der Waals surface area contributed by atoms with Crippen molar-refractivity contribution in [3.8, 4) is 0 Å². The van der Waals surface area contributed by atoms with Crippen molar-refractivity contribution in [2.24, 2.45) is 0 Å². The van der Waals surface area contributed by atoms with Crippen molar-refractivity contribution in [1.82, 2.24) is 19.4 Å². The summed E-state index contributed by atoms with van der Waals surface area (Å²) < 4.78 is 69.6. The largest absolute Gasteiger partial charge is 0.470 e. The number of amides is 1. The predicted octanol–water partition coefficient (Wildman–Crippen LogP) is 3.28. The Labute approximate surface area is 183 Å². The number of carbonyl (C=O) groups is 1. The molecule has 2 aliphatic heterocycles. The van der Waals surface area contributed by atoms with Crippen molar-refractivity contribution < 1.29 is 30.8 Å². The second kappa shape index (κ2) is 8.81. The van der Waals surface area contributed by atoms with E-state index in [0.717, 1.165) is 19.3 Å². The minimum Gasteiger partial charge on any atom is -0.417 e. The molecule has 0 radical (unpaired) electrons. The van der Waals surface area contributed by atoms with Gasteiger partial charge in [0.2, 0.25) is 15.9 Å². The number of carbonyl (C=O) groups excluding carboxylic acids is 1. The predicted molar refractivity (Wildman–Crippen MR) is 106 cm³/mol. The number of halogens is 3. The van der Waals surface area contributed by atoms with Crippen LogP contribution in [0, 0.1) is 0 Å². The number of alkyl halides is 3. The van der Waals surface area contributed by atoms with Crippen molar-refractivity contribution in [3.63, 3.8) is 0 Å². The molecule has 4 rings (SSSR count). The molecule has 2 aliphatic rings. The molecule has 12 heteroatoms. The summed E-state index contributed by atoms with van der Waals surface area (Å²) >= 11 is 0. The molecule has 2 aromatic rings. The first-order chi connectivity index (χ1) is 15.2. The molecule has 2 saturated heterocycles. The smallest absolute Gasteiger partial charge is 0.417 e. The summed E-state index contributed by atoms with van der Waals surface area (Å²) in [6.07, 6.45) is -1.19. The van der Waals surface area contributed by atoms with Gasteiger partial charge in [0.05, 0.1) is 4.90 Å². The van der Waals surface area contributed by atoms with Gasteiger partial charge >= 0.3 is 12.1 Å². The lowest BCUT2D eigenvalue weighted by atomic mass is 9.96. The number of nitrogens with zero attached hydrogens (tertiary/aromatic N) is 4. The Bertz CT molecular complexity index is 1060. The zero-order valence-corrected chi connectivity index (χ0v) is 18.0. The van der Waals surface area contributed by atoms with Crippen LogP contribution in [-0.4, -0.2) is 59.9 Å². The van der Waals surface area contributed by atoms with Gasteiger partial charge in [-0.1, -0.05) is 6.42 Å². The van der Waals surface area contributed by atoms with Crippen LogP contribution in [0.2, 0.25) is 0 Å². The van der Waals surface area contributed by atoms with E-state index in [2.05, 4.69) is 10.2 Å². The summed E-state index contributed by atoms with van der Waals surface area (Å²) in [5.74, 6) is -2.05. The van der Waals surface area contributed by atoms with Gasteiger partial charge in [-0.15, -0.1) is 10.2 Å². The molecular weight excluding hydrogens is 449 g/mol. The molecule has 0 bridgehead atoms. The van der Waals surface area contributed by atoms with Gasteiger partial charge < -0.3 is 9.32 Å². The van der Waals surface area contributed by atoms with Crippen LogP contribution in [0.5, 0.6) is 0 Å². The molecule has 0 unspecified atom stereocenters. The van der Waals surface area contributed by atoms with E-state index in [1.54, 1.807) is 4.90 Å². The molecule has 0 spiro atoms. The van der Waals surface area contributed by atoms with Gasteiger partial charge in [-0.05, 0) is 49.9 Å². The highest BCUT2D eigenvalue weighted by Gasteiger charge is 2.39. The lowest BCUT2D eigenvalue weighted by Crippen LogP contribution is -2.38. The molecule has 0 aliphatic carbocycles. The van der Waals surface area contributed by atoms with Gasteiger partial charge in [0.15, 0.2) is 0 Å². The van der Waals surface area contributed by atoms with E-state index in [-0.39, 0.29) is 22.6 Å². The van der Waals surface area contributed by atoms with Gasteiger partial charge in [0.25, 0.3) is 5.91 Å². The Hall–Kier alpha value is -2.47. The Balaban J connectivity index is 1.37. The summed E-state index contributed by atoms with van der Waals surface area (Å²) in [5.41, 5.74) is 0.359. The molecule has 3 heterocycles. The van der Waals surface area contributed by atoms with Crippen molar-refractivity contribution in [2.75, 3.05) is 26.2 Å². The summed E-state index contributed by atoms with van der Waals surface area (Å²) in [6, 6.07) is 5.89. The van der Waals surface area contributed by atoms with Crippen LogP contribution in [0.3, 0.4) is 0 Å². The maximum atomic E-state index is 12.8. The zero-order chi connectivity index (χ0) is 22.9. The second-order valence-corrected chi connectivity index (χ2v) is 9.94. The number of likely N-dealkylation sites (tertiary alicyclic amines) is 1. The normalized spacial score (nSPS) is 19.3. The first-order valence-corrected chi connectivity index (χ1v) is 11.9. The fourth-order valence-electron chi connectivity index (χ4n) is 4.05. The average molecular weight is 472 g/mol. The molecule has 1 aromatic carbocycles. The van der Waals surface area contributed by atoms with Crippen molar-refractivity contribution in [1.29, 1.82) is 0 Å². The quantitative estimate of drug-likeness (QED) is 0.678. The lowest BCUT2D eigenvalue weighted by molar-refractivity contribution is -0.157. The minimum absolute atomic E-state index is 0.0725. The number of aromatic nitrogens is 2. The molecule has 32 heavy (non-hydrogen) atoms. The average Bonchev–Trinajstić information content (AvgIpc) is 3.30. The van der Waals surface area contributed by atoms with Gasteiger partial charge in [-0.25, -0.2) is 8.42 Å². The summed E-state index contributed by atoms with van der Waals surface area (Å²) in [4.78, 5) is 14.6. The van der Waals surface area contributed by atoms with Crippen LogP contribution in [-0.2, 0) is 16.2 Å². The molecule has 0 saturated carbocycles. The van der Waals surface area contributed by atoms with Crippen LogP contribution < -0.4 is 0 Å². The first-order valence-electron chi connectivity index (χ1n) is 10.5. The van der Waals surface area contributed by atoms with Crippen LogP contribution in [0.4, 0.5) is 13.2 Å². The number of benzene rings is 1. The minimum atomic E-state index is -4.68. The highest BCUT2D eigenvalue weighted by atomic mass is 32.2. The first kappa shape index (κ1) is 22.7. The van der Waals surface area contributed by atoms with Crippen molar-refractivity contribution >= 4 is 15.9 Å². The van der Waals surface area contributed by atoms with Crippen LogP contribution >= 0.6 is 0 Å². The van der Waals surface area contributed by atoms with E-state index in [1.807, 2.05) is 0 Å². The second-order valence-electron chi connectivity index (χ2n) is 8.00. The molecule has 2 fully saturated rings. The van der Waals surface area contributed by atoms with E-state index in [1.165, 1.54) is 28.6 Å². The highest BCUT2D eigenvalue weighted by molar-refractivity contribution is 7.89. The number of piperidine rings is 2. The maximum Gasteiger partial charge on any atom is 0.470 e. The van der Waals surface area contributed by atoms with E-state index in [4.69, 9.17) is 4.42 Å². The van der Waals surface area contributed by atoms with E-state index in [0.29, 0.717) is 44.6 Å². The third kappa shape index (κ3) is 4.65. The number of rotatable bonds is 4. The third-order valence-electron chi connectivity index (χ3n) is 5.87. The fourth-order valence-corrected chi connectivity index (χ4v) is 5.57. The monoisotopic (exact) mass is 472 g/mol. The molecular formula is C20H23F3N4O4S. The lowest BCUT2D eigenvalue weighted by Gasteiger charge is -2.30. The molecule has 0 atom stereocenters. The van der Waals surface area contributed by atoms with Gasteiger partial charge in [-0.3, -0.25) is 4.79 Å². The fraction of sp³-hybridized carbons (Fsp3) is 0.550. The summed E-state index contributed by atoms with van der Waals surface area (Å²) in [5, 5.41) is 6.56. The van der Waals surface area contributed by atoms with Crippen molar-refractivity contribution in [3.05, 3.63) is 41.6 Å². The number of hydrogen-bond donors (Lipinski definition) is 0. The molecule has 174 valence electrons. The van der Waals surface area contributed by atoms with Gasteiger partial charge in [0, 0.05) is 37.7 Å². The molecule has 8 nitrogen and oxygen atoms in total. The highest BCUT2D eigenvalue weighted by Crippen LogP contribution is 2.33. The van der Waals surface area contributed by atoms with Crippen LogP contribution in [0.1, 0.15) is 60.2 Å². The zero-order valence-electron chi connectivity index (χ0n) is 17.2. The Kier molecular flexibility index (Phi) is 6.26. The van der Waals surface area contributed by atoms with Crippen LogP contribution in [0.15, 0.2) is 33.6 Å². The summed E-state index contributed by atoms with van der Waals surface area (Å²) in [6.45, 7) is 1.65. The topological polar surface area (TPSA) is 96.6 Å². The Morgan fingerprint density at radius 2 is 1.59 bits per heavy atom. The van der Waals surface area contributed by atoms with E-state index in [9.17, 15) is 26.4 Å². The SMILES string of the molecule is O=C(c1ccc(S(=O)(=O)N2CCCCC2)cc1)N1CCC(c2nnc(C(F)(F)F)o2)CC1. The van der Waals surface area contributed by atoms with Gasteiger partial charge in [-0.2, -0.15) is 17.5 Å². The Morgan fingerprint density at radius 1 is 0.969 bits per heavy atom. The van der Waals surface area contributed by atoms with Crippen LogP contribution in [0.25, 0.3) is 0 Å². The van der Waals surface area contributed by atoms with E-state index >= 15 is 0 Å². The van der Waals surface area contributed by atoms with Crippen molar-refractivity contribution in [2.45, 2.75) is 49.1 Å². The Morgan fingerprint density at radius 3 is 2.16 bits per heavy atom. The maximum absolute atomic E-state index is 12.8. The summed E-state index contributed by atoms with van der Waals surface area (Å²) in [7, 11) is -3.57. The standard InChI is InChI=1S/C20H23F3N4O4S/c21-20(22,23)19-25-24-17(31-19)14-8-12-26(13-9-14)18(28)15-4-6-16(7-5-15)32(29,30)27-10-2-1-3-11-27/h4-7,14H,1-3,8-13H2. The van der Waals surface area contributed by atoms with Gasteiger partial charge in [0.1, 0.15) is 0 Å². The molecule has 1 aromatic heterocycles. The van der Waals surface area contributed by atoms with E-state index < -0.39 is 22.1 Å².